The number of carbonyl (C=O) groups is 1. The van der Waals surface area contributed by atoms with E-state index in [0.29, 0.717) is 37.2 Å². The molecule has 0 saturated carbocycles. The van der Waals surface area contributed by atoms with Gasteiger partial charge in [0.05, 0.1) is 5.56 Å². The van der Waals surface area contributed by atoms with Crippen molar-refractivity contribution in [1.29, 1.82) is 0 Å². The lowest BCUT2D eigenvalue weighted by atomic mass is 9.94. The third kappa shape index (κ3) is 4.59. The van der Waals surface area contributed by atoms with Gasteiger partial charge < -0.3 is 25.4 Å². The van der Waals surface area contributed by atoms with Crippen molar-refractivity contribution in [3.63, 3.8) is 0 Å². The molecule has 30 heavy (non-hydrogen) atoms. The fourth-order valence-electron chi connectivity index (χ4n) is 3.65. The van der Waals surface area contributed by atoms with Gasteiger partial charge in [-0.05, 0) is 24.3 Å². The third-order valence-corrected chi connectivity index (χ3v) is 5.14. The van der Waals surface area contributed by atoms with Crippen molar-refractivity contribution in [2.45, 2.75) is 18.5 Å². The monoisotopic (exact) mass is 434 g/mol. The molecule has 1 spiro atoms. The second-order valence-corrected chi connectivity index (χ2v) is 7.08. The van der Waals surface area contributed by atoms with Gasteiger partial charge in [0, 0.05) is 31.6 Å². The van der Waals surface area contributed by atoms with Crippen LogP contribution in [0, 0.1) is 5.82 Å². The number of ether oxygens (including phenoxy) is 2. The number of amides is 1. The van der Waals surface area contributed by atoms with Gasteiger partial charge in [0.2, 0.25) is 0 Å². The maximum atomic E-state index is 14.0. The van der Waals surface area contributed by atoms with E-state index in [-0.39, 0.29) is 37.5 Å². The maximum Gasteiger partial charge on any atom is 0.409 e. The van der Waals surface area contributed by atoms with Crippen LogP contribution in [0.15, 0.2) is 53.5 Å². The van der Waals surface area contributed by atoms with Crippen molar-refractivity contribution in [2.24, 2.45) is 10.7 Å². The number of halogens is 2. The minimum atomic E-state index is -0.627. The number of likely N-dealkylation sites (tertiary alicyclic amines) is 1. The SMILES string of the molecule is Cl.NC1=NC2(CCN(C(=O)OCCOc3ccccc3)CC2)Nc2cccc(F)c21. The zero-order valence-corrected chi connectivity index (χ0v) is 17.2. The van der Waals surface area contributed by atoms with Gasteiger partial charge in [0.25, 0.3) is 0 Å². The van der Waals surface area contributed by atoms with E-state index in [1.54, 1.807) is 17.0 Å². The first-order chi connectivity index (χ1) is 14.1. The molecule has 0 radical (unpaired) electrons. The summed E-state index contributed by atoms with van der Waals surface area (Å²) in [4.78, 5) is 18.5. The average Bonchev–Trinajstić information content (AvgIpc) is 2.72. The van der Waals surface area contributed by atoms with Gasteiger partial charge in [0.15, 0.2) is 0 Å². The Bertz CT molecular complexity index is 918. The molecule has 0 aliphatic carbocycles. The van der Waals surface area contributed by atoms with Gasteiger partial charge in [-0.3, -0.25) is 0 Å². The van der Waals surface area contributed by atoms with Crippen molar-refractivity contribution in [3.05, 3.63) is 59.9 Å². The molecular weight excluding hydrogens is 411 g/mol. The van der Waals surface area contributed by atoms with Crippen molar-refractivity contribution >= 4 is 30.0 Å². The summed E-state index contributed by atoms with van der Waals surface area (Å²) < 4.78 is 24.8. The number of para-hydroxylation sites is 1. The number of carbonyl (C=O) groups excluding carboxylic acids is 1. The summed E-state index contributed by atoms with van der Waals surface area (Å²) in [7, 11) is 0. The summed E-state index contributed by atoms with van der Waals surface area (Å²) in [5, 5.41) is 3.31. The number of hydrogen-bond donors (Lipinski definition) is 2. The van der Waals surface area contributed by atoms with Gasteiger partial charge in [-0.1, -0.05) is 24.3 Å². The number of nitrogens with two attached hydrogens (primary N) is 1. The van der Waals surface area contributed by atoms with Crippen LogP contribution in [0.1, 0.15) is 18.4 Å². The van der Waals surface area contributed by atoms with E-state index >= 15 is 0 Å². The number of piperidine rings is 1. The number of hydrogen-bond acceptors (Lipinski definition) is 6. The van der Waals surface area contributed by atoms with Crippen LogP contribution in [-0.2, 0) is 4.74 Å². The number of fused-ring (bicyclic) bond motifs is 1. The van der Waals surface area contributed by atoms with Crippen molar-refractivity contribution in [1.82, 2.24) is 4.90 Å². The van der Waals surface area contributed by atoms with Gasteiger partial charge in [-0.15, -0.1) is 12.4 Å². The van der Waals surface area contributed by atoms with Crippen molar-refractivity contribution in [3.8, 4) is 5.75 Å². The molecule has 4 rings (SSSR count). The highest BCUT2D eigenvalue weighted by atomic mass is 35.5. The van der Waals surface area contributed by atoms with Crippen LogP contribution in [0.5, 0.6) is 5.75 Å². The molecule has 0 unspecified atom stereocenters. The molecule has 1 fully saturated rings. The number of anilines is 1. The normalized spacial score (nSPS) is 16.6. The topological polar surface area (TPSA) is 89.2 Å². The van der Waals surface area contributed by atoms with Crippen LogP contribution in [-0.4, -0.2) is 48.8 Å². The maximum absolute atomic E-state index is 14.0. The largest absolute Gasteiger partial charge is 0.490 e. The Morgan fingerprint density at radius 1 is 1.13 bits per heavy atom. The Morgan fingerprint density at radius 3 is 2.60 bits per heavy atom. The molecule has 2 aliphatic heterocycles. The average molecular weight is 435 g/mol. The summed E-state index contributed by atoms with van der Waals surface area (Å²) in [6.07, 6.45) is 0.731. The standard InChI is InChI=1S/C21H23FN4O3.ClH/c22-16-7-4-8-17-18(16)19(23)25-21(24-17)9-11-26(12-10-21)20(27)29-14-13-28-15-5-2-1-3-6-15;/h1-8,24H,9-14H2,(H2,23,25);1H. The van der Waals surface area contributed by atoms with E-state index in [1.165, 1.54) is 6.07 Å². The van der Waals surface area contributed by atoms with Gasteiger partial charge in [-0.25, -0.2) is 14.2 Å². The summed E-state index contributed by atoms with van der Waals surface area (Å²) in [6, 6.07) is 14.1. The van der Waals surface area contributed by atoms with Crippen molar-refractivity contribution < 1.29 is 18.7 Å². The number of nitrogens with zero attached hydrogens (tertiary/aromatic N) is 2. The Morgan fingerprint density at radius 2 is 1.87 bits per heavy atom. The van der Waals surface area contributed by atoms with Gasteiger partial charge >= 0.3 is 6.09 Å². The first-order valence-electron chi connectivity index (χ1n) is 9.58. The van der Waals surface area contributed by atoms with E-state index in [4.69, 9.17) is 15.2 Å². The molecule has 9 heteroatoms. The molecule has 2 heterocycles. The Labute approximate surface area is 180 Å². The van der Waals surface area contributed by atoms with E-state index in [1.807, 2.05) is 30.3 Å². The van der Waals surface area contributed by atoms with Crippen LogP contribution >= 0.6 is 12.4 Å². The quantitative estimate of drug-likeness (QED) is 0.720. The second kappa shape index (κ2) is 9.21. The molecule has 2 aromatic carbocycles. The number of nitrogens with one attached hydrogen (secondary N) is 1. The molecule has 0 bridgehead atoms. The molecule has 7 nitrogen and oxygen atoms in total. The first kappa shape index (κ1) is 21.7. The Balaban J connectivity index is 0.00000256. The van der Waals surface area contributed by atoms with Crippen LogP contribution < -0.4 is 15.8 Å². The molecule has 160 valence electrons. The zero-order valence-electron chi connectivity index (χ0n) is 16.3. The van der Waals surface area contributed by atoms with E-state index in [0.717, 1.165) is 5.75 Å². The van der Waals surface area contributed by atoms with Crippen LogP contribution in [0.2, 0.25) is 0 Å². The van der Waals surface area contributed by atoms with E-state index in [9.17, 15) is 9.18 Å². The first-order valence-corrected chi connectivity index (χ1v) is 9.58. The third-order valence-electron chi connectivity index (χ3n) is 5.14. The van der Waals surface area contributed by atoms with Crippen LogP contribution in [0.3, 0.4) is 0 Å². The number of amidine groups is 1. The minimum Gasteiger partial charge on any atom is -0.490 e. The molecule has 3 N–H and O–H groups in total. The van der Waals surface area contributed by atoms with Gasteiger partial charge in [0.1, 0.15) is 36.3 Å². The summed E-state index contributed by atoms with van der Waals surface area (Å²) in [6.45, 7) is 1.39. The molecule has 1 amide bonds. The second-order valence-electron chi connectivity index (χ2n) is 7.08. The fraction of sp³-hybridized carbons (Fsp3) is 0.333. The lowest BCUT2D eigenvalue weighted by Gasteiger charge is -2.42. The smallest absolute Gasteiger partial charge is 0.409 e. The lowest BCUT2D eigenvalue weighted by molar-refractivity contribution is 0.0753. The van der Waals surface area contributed by atoms with Gasteiger partial charge in [-0.2, -0.15) is 0 Å². The molecule has 0 aromatic heterocycles. The van der Waals surface area contributed by atoms with E-state index < -0.39 is 11.5 Å². The summed E-state index contributed by atoms with van der Waals surface area (Å²) in [5.41, 5.74) is 6.34. The summed E-state index contributed by atoms with van der Waals surface area (Å²) >= 11 is 0. The molecule has 2 aliphatic rings. The highest BCUT2D eigenvalue weighted by Gasteiger charge is 2.39. The fourth-order valence-corrected chi connectivity index (χ4v) is 3.65. The highest BCUT2D eigenvalue weighted by molar-refractivity contribution is 6.04. The molecular formula is C21H24ClFN4O3. The Kier molecular flexibility index (Phi) is 6.66. The van der Waals surface area contributed by atoms with Crippen molar-refractivity contribution in [2.75, 3.05) is 31.6 Å². The minimum absolute atomic E-state index is 0. The zero-order chi connectivity index (χ0) is 20.3. The van der Waals surface area contributed by atoms with Crippen LogP contribution in [0.25, 0.3) is 0 Å². The number of benzene rings is 2. The molecule has 1 saturated heterocycles. The predicted octanol–water partition coefficient (Wildman–Crippen LogP) is 3.39. The summed E-state index contributed by atoms with van der Waals surface area (Å²) in [5.74, 6) is 0.523. The molecule has 0 atom stereocenters. The Hall–Kier alpha value is -3.00. The lowest BCUT2D eigenvalue weighted by Crippen LogP contribution is -2.52. The van der Waals surface area contributed by atoms with E-state index in [2.05, 4.69) is 10.3 Å². The highest BCUT2D eigenvalue weighted by Crippen LogP contribution is 2.35. The number of rotatable bonds is 4. The molecule has 2 aromatic rings. The predicted molar refractivity (Wildman–Crippen MR) is 115 cm³/mol. The number of aliphatic imine (C=N–C) groups is 1. The van der Waals surface area contributed by atoms with Crippen LogP contribution in [0.4, 0.5) is 14.9 Å².